The summed E-state index contributed by atoms with van der Waals surface area (Å²) in [5, 5.41) is 3.49. The Kier molecular flexibility index (Phi) is 6.14. The van der Waals surface area contributed by atoms with Gasteiger partial charge in [-0.25, -0.2) is 12.7 Å². The van der Waals surface area contributed by atoms with Gasteiger partial charge in [0.25, 0.3) is 5.91 Å². The predicted molar refractivity (Wildman–Crippen MR) is 95.9 cm³/mol. The molecule has 0 bridgehead atoms. The minimum absolute atomic E-state index is 0.0619. The first-order valence-electron chi connectivity index (χ1n) is 7.70. The fourth-order valence-electron chi connectivity index (χ4n) is 2.49. The van der Waals surface area contributed by atoms with Crippen LogP contribution in [0.3, 0.4) is 0 Å². The highest BCUT2D eigenvalue weighted by Crippen LogP contribution is 2.17. The predicted octanol–water partition coefficient (Wildman–Crippen LogP) is 0.988. The van der Waals surface area contributed by atoms with Crippen molar-refractivity contribution in [2.75, 3.05) is 14.1 Å². The number of benzene rings is 1. The van der Waals surface area contributed by atoms with Crippen molar-refractivity contribution in [1.29, 1.82) is 0 Å². The van der Waals surface area contributed by atoms with Crippen LogP contribution in [-0.4, -0.2) is 43.9 Å². The standard InChI is InChI=1S/C15H22N4O3S2/c1-19(2)24(21,22)13-9-5-6-11(10-13)14(20)17-18-15(23)16-12-7-3-4-8-12/h5-6,9-10,12H,3-4,7-8H2,1-2H3,(H,17,20)(H2,16,18,23). The van der Waals surface area contributed by atoms with Gasteiger partial charge in [0.1, 0.15) is 0 Å². The van der Waals surface area contributed by atoms with Crippen molar-refractivity contribution in [2.24, 2.45) is 0 Å². The first kappa shape index (κ1) is 18.6. The van der Waals surface area contributed by atoms with Gasteiger partial charge in [0.2, 0.25) is 10.0 Å². The average molecular weight is 371 g/mol. The fourth-order valence-corrected chi connectivity index (χ4v) is 3.65. The zero-order chi connectivity index (χ0) is 17.7. The maximum Gasteiger partial charge on any atom is 0.269 e. The molecule has 0 heterocycles. The van der Waals surface area contributed by atoms with Crippen LogP contribution in [0.25, 0.3) is 0 Å². The molecule has 1 aliphatic carbocycles. The Hall–Kier alpha value is -1.71. The molecular formula is C15H22N4O3S2. The number of rotatable bonds is 4. The highest BCUT2D eigenvalue weighted by atomic mass is 32.2. The van der Waals surface area contributed by atoms with Gasteiger partial charge in [-0.05, 0) is 43.3 Å². The molecule has 9 heteroatoms. The molecule has 0 aromatic heterocycles. The molecule has 0 unspecified atom stereocenters. The fraction of sp³-hybridized carbons (Fsp3) is 0.467. The van der Waals surface area contributed by atoms with Crippen LogP contribution in [0.2, 0.25) is 0 Å². The van der Waals surface area contributed by atoms with E-state index in [1.807, 2.05) is 0 Å². The molecule has 0 spiro atoms. The Morgan fingerprint density at radius 3 is 2.50 bits per heavy atom. The number of nitrogens with one attached hydrogen (secondary N) is 3. The molecule has 1 amide bonds. The number of amides is 1. The van der Waals surface area contributed by atoms with Crippen molar-refractivity contribution in [2.45, 2.75) is 36.6 Å². The Morgan fingerprint density at radius 2 is 1.88 bits per heavy atom. The van der Waals surface area contributed by atoms with Crippen LogP contribution >= 0.6 is 12.2 Å². The van der Waals surface area contributed by atoms with E-state index in [0.29, 0.717) is 11.2 Å². The van der Waals surface area contributed by atoms with Crippen molar-refractivity contribution in [3.8, 4) is 0 Å². The summed E-state index contributed by atoms with van der Waals surface area (Å²) in [6, 6.07) is 6.20. The van der Waals surface area contributed by atoms with Crippen LogP contribution in [0.4, 0.5) is 0 Å². The van der Waals surface area contributed by atoms with Gasteiger partial charge in [-0.3, -0.25) is 15.6 Å². The number of thiocarbonyl (C=S) groups is 1. The van der Waals surface area contributed by atoms with Crippen molar-refractivity contribution in [3.05, 3.63) is 29.8 Å². The normalized spacial score (nSPS) is 15.3. The van der Waals surface area contributed by atoms with Crippen LogP contribution < -0.4 is 16.2 Å². The quantitative estimate of drug-likeness (QED) is 0.541. The first-order chi connectivity index (χ1) is 11.3. The summed E-state index contributed by atoms with van der Waals surface area (Å²) in [7, 11) is -0.703. The third kappa shape index (κ3) is 4.65. The summed E-state index contributed by atoms with van der Waals surface area (Å²) >= 11 is 5.14. The van der Waals surface area contributed by atoms with Crippen LogP contribution in [-0.2, 0) is 10.0 Å². The van der Waals surface area contributed by atoms with Crippen molar-refractivity contribution in [3.63, 3.8) is 0 Å². The number of hydrogen-bond acceptors (Lipinski definition) is 4. The van der Waals surface area contributed by atoms with Gasteiger partial charge in [0.05, 0.1) is 4.90 Å². The number of hydrazine groups is 1. The van der Waals surface area contributed by atoms with E-state index in [-0.39, 0.29) is 10.5 Å². The van der Waals surface area contributed by atoms with Gasteiger partial charge >= 0.3 is 0 Å². The molecule has 3 N–H and O–H groups in total. The Bertz CT molecular complexity index is 713. The Balaban J connectivity index is 1.96. The van der Waals surface area contributed by atoms with Crippen LogP contribution in [0.1, 0.15) is 36.0 Å². The summed E-state index contributed by atoms with van der Waals surface area (Å²) in [5.41, 5.74) is 5.36. The number of carbonyl (C=O) groups is 1. The molecule has 0 atom stereocenters. The summed E-state index contributed by atoms with van der Waals surface area (Å²) in [5.74, 6) is -0.457. The first-order valence-corrected chi connectivity index (χ1v) is 9.55. The SMILES string of the molecule is CN(C)S(=O)(=O)c1cccc(C(=O)NNC(=S)NC2CCCC2)c1. The molecule has 0 aliphatic heterocycles. The van der Waals surface area contributed by atoms with E-state index in [1.54, 1.807) is 6.07 Å². The molecule has 1 aromatic carbocycles. The lowest BCUT2D eigenvalue weighted by Gasteiger charge is -2.16. The molecule has 1 fully saturated rings. The van der Waals surface area contributed by atoms with E-state index in [1.165, 1.54) is 45.1 Å². The van der Waals surface area contributed by atoms with Gasteiger partial charge < -0.3 is 5.32 Å². The summed E-state index contributed by atoms with van der Waals surface area (Å²) in [4.78, 5) is 12.2. The second-order valence-corrected chi connectivity index (χ2v) is 8.41. The van der Waals surface area contributed by atoms with Crippen molar-refractivity contribution >= 4 is 33.3 Å². The van der Waals surface area contributed by atoms with E-state index in [0.717, 1.165) is 17.1 Å². The van der Waals surface area contributed by atoms with E-state index < -0.39 is 15.9 Å². The second kappa shape index (κ2) is 7.91. The second-order valence-electron chi connectivity index (χ2n) is 5.85. The number of sulfonamides is 1. The molecule has 7 nitrogen and oxygen atoms in total. The molecule has 0 saturated heterocycles. The largest absolute Gasteiger partial charge is 0.359 e. The summed E-state index contributed by atoms with van der Waals surface area (Å²) in [6.07, 6.45) is 4.50. The van der Waals surface area contributed by atoms with Gasteiger partial charge in [0, 0.05) is 25.7 Å². The molecule has 1 aromatic rings. The third-order valence-electron chi connectivity index (χ3n) is 3.85. The zero-order valence-corrected chi connectivity index (χ0v) is 15.3. The highest BCUT2D eigenvalue weighted by Gasteiger charge is 2.19. The maximum atomic E-state index is 12.2. The number of nitrogens with zero attached hydrogens (tertiary/aromatic N) is 1. The van der Waals surface area contributed by atoms with Gasteiger partial charge in [-0.15, -0.1) is 0 Å². The summed E-state index contributed by atoms with van der Waals surface area (Å²) in [6.45, 7) is 0. The van der Waals surface area contributed by atoms with Crippen molar-refractivity contribution < 1.29 is 13.2 Å². The van der Waals surface area contributed by atoms with Gasteiger partial charge in [-0.1, -0.05) is 18.9 Å². The highest BCUT2D eigenvalue weighted by molar-refractivity contribution is 7.89. The van der Waals surface area contributed by atoms with E-state index in [2.05, 4.69) is 16.2 Å². The zero-order valence-electron chi connectivity index (χ0n) is 13.7. The third-order valence-corrected chi connectivity index (χ3v) is 5.89. The maximum absolute atomic E-state index is 12.2. The van der Waals surface area contributed by atoms with Crippen LogP contribution in [0.5, 0.6) is 0 Å². The summed E-state index contributed by atoms with van der Waals surface area (Å²) < 4.78 is 25.3. The molecule has 24 heavy (non-hydrogen) atoms. The minimum atomic E-state index is -3.59. The van der Waals surface area contributed by atoms with E-state index >= 15 is 0 Å². The lowest BCUT2D eigenvalue weighted by atomic mass is 10.2. The molecular weight excluding hydrogens is 348 g/mol. The minimum Gasteiger partial charge on any atom is -0.359 e. The monoisotopic (exact) mass is 370 g/mol. The van der Waals surface area contributed by atoms with Gasteiger partial charge in [0.15, 0.2) is 5.11 Å². The van der Waals surface area contributed by atoms with Crippen molar-refractivity contribution in [1.82, 2.24) is 20.5 Å². The molecule has 1 saturated carbocycles. The topological polar surface area (TPSA) is 90.5 Å². The van der Waals surface area contributed by atoms with Crippen LogP contribution in [0, 0.1) is 0 Å². The van der Waals surface area contributed by atoms with Gasteiger partial charge in [-0.2, -0.15) is 0 Å². The number of hydrogen-bond donors (Lipinski definition) is 3. The molecule has 1 aliphatic rings. The molecule has 132 valence electrons. The van der Waals surface area contributed by atoms with Crippen LogP contribution in [0.15, 0.2) is 29.2 Å². The lowest BCUT2D eigenvalue weighted by Crippen LogP contribution is -2.49. The van der Waals surface area contributed by atoms with E-state index in [4.69, 9.17) is 12.2 Å². The average Bonchev–Trinajstić information content (AvgIpc) is 3.05. The Labute approximate surface area is 147 Å². The molecule has 2 rings (SSSR count). The Morgan fingerprint density at radius 1 is 1.21 bits per heavy atom. The van der Waals surface area contributed by atoms with E-state index in [9.17, 15) is 13.2 Å². The lowest BCUT2D eigenvalue weighted by molar-refractivity contribution is 0.0943. The number of carbonyl (C=O) groups excluding carboxylic acids is 1. The smallest absolute Gasteiger partial charge is 0.269 e. The molecule has 0 radical (unpaired) electrons.